The molecule has 1 aromatic rings. The molecule has 0 aliphatic carbocycles. The first kappa shape index (κ1) is 15.1. The van der Waals surface area contributed by atoms with Crippen LogP contribution in [0.4, 0.5) is 8.78 Å². The van der Waals surface area contributed by atoms with Crippen molar-refractivity contribution in [1.82, 2.24) is 5.32 Å². The number of nitrogens with one attached hydrogen (secondary N) is 1. The molecule has 0 radical (unpaired) electrons. The fourth-order valence-electron chi connectivity index (χ4n) is 2.28. The van der Waals surface area contributed by atoms with Gasteiger partial charge in [-0.1, -0.05) is 57.0 Å². The Labute approximate surface area is 109 Å². The van der Waals surface area contributed by atoms with Gasteiger partial charge in [-0.3, -0.25) is 0 Å². The lowest BCUT2D eigenvalue weighted by Crippen LogP contribution is -2.39. The maximum atomic E-state index is 12.7. The molecule has 3 heteroatoms. The van der Waals surface area contributed by atoms with Gasteiger partial charge in [-0.25, -0.2) is 8.78 Å². The van der Waals surface area contributed by atoms with E-state index in [4.69, 9.17) is 0 Å². The van der Waals surface area contributed by atoms with Gasteiger partial charge >= 0.3 is 0 Å². The van der Waals surface area contributed by atoms with Crippen LogP contribution in [0.2, 0.25) is 0 Å². The second-order valence-corrected chi connectivity index (χ2v) is 4.75. The summed E-state index contributed by atoms with van der Waals surface area (Å²) < 4.78 is 25.4. The molecule has 0 aliphatic heterocycles. The molecule has 2 unspecified atom stereocenters. The lowest BCUT2D eigenvalue weighted by atomic mass is 9.88. The topological polar surface area (TPSA) is 12.0 Å². The summed E-state index contributed by atoms with van der Waals surface area (Å²) in [5.41, 5.74) is 1.10. The molecular formula is C15H23F2N. The third-order valence-corrected chi connectivity index (χ3v) is 3.50. The van der Waals surface area contributed by atoms with Crippen molar-refractivity contribution < 1.29 is 8.78 Å². The van der Waals surface area contributed by atoms with Crippen molar-refractivity contribution in [3.05, 3.63) is 35.9 Å². The summed E-state index contributed by atoms with van der Waals surface area (Å²) in [5.74, 6) is 0.383. The highest BCUT2D eigenvalue weighted by Gasteiger charge is 2.25. The van der Waals surface area contributed by atoms with Crippen molar-refractivity contribution in [2.45, 2.75) is 52.1 Å². The molecule has 0 bridgehead atoms. The molecule has 0 saturated heterocycles. The normalized spacial score (nSPS) is 15.1. The van der Waals surface area contributed by atoms with Crippen molar-refractivity contribution in [2.24, 2.45) is 5.92 Å². The van der Waals surface area contributed by atoms with Crippen LogP contribution in [0.15, 0.2) is 30.3 Å². The smallest absolute Gasteiger partial charge is 0.253 e. The molecule has 0 fully saturated rings. The molecule has 1 nitrogen and oxygen atoms in total. The van der Waals surface area contributed by atoms with E-state index in [9.17, 15) is 8.78 Å². The quantitative estimate of drug-likeness (QED) is 0.761. The number of hydrogen-bond acceptors (Lipinski definition) is 1. The standard InChI is InChI=1S/C15H23F2N/c1-4-12(5-2)14(18-11(3)15(16)17)13-9-7-6-8-10-13/h6-12,14-15,18H,4-5H2,1-3H3. The highest BCUT2D eigenvalue weighted by atomic mass is 19.3. The summed E-state index contributed by atoms with van der Waals surface area (Å²) in [7, 11) is 0. The monoisotopic (exact) mass is 255 g/mol. The highest BCUT2D eigenvalue weighted by Crippen LogP contribution is 2.28. The third-order valence-electron chi connectivity index (χ3n) is 3.50. The van der Waals surface area contributed by atoms with Crippen molar-refractivity contribution in [1.29, 1.82) is 0 Å². The van der Waals surface area contributed by atoms with Gasteiger partial charge in [-0.15, -0.1) is 0 Å². The van der Waals surface area contributed by atoms with E-state index < -0.39 is 12.5 Å². The van der Waals surface area contributed by atoms with Crippen LogP contribution in [-0.2, 0) is 0 Å². The van der Waals surface area contributed by atoms with Crippen LogP contribution < -0.4 is 5.32 Å². The van der Waals surface area contributed by atoms with E-state index in [-0.39, 0.29) is 6.04 Å². The maximum absolute atomic E-state index is 12.7. The fourth-order valence-corrected chi connectivity index (χ4v) is 2.28. The van der Waals surface area contributed by atoms with Crippen LogP contribution in [0.25, 0.3) is 0 Å². The van der Waals surface area contributed by atoms with Crippen molar-refractivity contribution in [2.75, 3.05) is 0 Å². The molecular weight excluding hydrogens is 232 g/mol. The Morgan fingerprint density at radius 3 is 2.06 bits per heavy atom. The Bertz CT molecular complexity index is 323. The molecule has 0 heterocycles. The maximum Gasteiger partial charge on any atom is 0.253 e. The van der Waals surface area contributed by atoms with Gasteiger partial charge in [0.2, 0.25) is 0 Å². The van der Waals surface area contributed by atoms with Crippen molar-refractivity contribution >= 4 is 0 Å². The average Bonchev–Trinajstić information content (AvgIpc) is 2.39. The molecule has 0 amide bonds. The third kappa shape index (κ3) is 4.05. The number of benzene rings is 1. The van der Waals surface area contributed by atoms with Gasteiger partial charge in [-0.05, 0) is 18.4 Å². The Morgan fingerprint density at radius 2 is 1.61 bits per heavy atom. The van der Waals surface area contributed by atoms with E-state index in [0.29, 0.717) is 5.92 Å². The van der Waals surface area contributed by atoms with Gasteiger partial charge < -0.3 is 5.32 Å². The number of rotatable bonds is 7. The molecule has 0 aromatic heterocycles. The van der Waals surface area contributed by atoms with E-state index in [1.807, 2.05) is 30.3 Å². The number of alkyl halides is 2. The molecule has 102 valence electrons. The van der Waals surface area contributed by atoms with Crippen LogP contribution in [-0.4, -0.2) is 12.5 Å². The van der Waals surface area contributed by atoms with E-state index in [0.717, 1.165) is 18.4 Å². The van der Waals surface area contributed by atoms with Crippen LogP contribution >= 0.6 is 0 Å². The minimum atomic E-state index is -2.33. The molecule has 0 aliphatic rings. The highest BCUT2D eigenvalue weighted by molar-refractivity contribution is 5.20. The summed E-state index contributed by atoms with van der Waals surface area (Å²) in [6, 6.07) is 9.10. The van der Waals surface area contributed by atoms with E-state index in [2.05, 4.69) is 19.2 Å². The first-order chi connectivity index (χ1) is 8.60. The van der Waals surface area contributed by atoms with Gasteiger partial charge in [0.15, 0.2) is 0 Å². The molecule has 2 atom stereocenters. The lowest BCUT2D eigenvalue weighted by molar-refractivity contribution is 0.0934. The number of hydrogen-bond donors (Lipinski definition) is 1. The van der Waals surface area contributed by atoms with Gasteiger partial charge in [0.25, 0.3) is 6.43 Å². The van der Waals surface area contributed by atoms with Crippen LogP contribution in [0.5, 0.6) is 0 Å². The largest absolute Gasteiger partial charge is 0.302 e. The second-order valence-electron chi connectivity index (χ2n) is 4.75. The first-order valence-corrected chi connectivity index (χ1v) is 6.69. The van der Waals surface area contributed by atoms with Crippen LogP contribution in [0.1, 0.15) is 45.2 Å². The Morgan fingerprint density at radius 1 is 1.06 bits per heavy atom. The van der Waals surface area contributed by atoms with E-state index in [1.165, 1.54) is 0 Å². The van der Waals surface area contributed by atoms with Gasteiger partial charge in [0.05, 0.1) is 6.04 Å². The lowest BCUT2D eigenvalue weighted by Gasteiger charge is -2.30. The minimum absolute atomic E-state index is 0.00481. The molecule has 18 heavy (non-hydrogen) atoms. The molecule has 1 N–H and O–H groups in total. The Hall–Kier alpha value is -0.960. The van der Waals surface area contributed by atoms with Crippen LogP contribution in [0, 0.1) is 5.92 Å². The second kappa shape index (κ2) is 7.47. The van der Waals surface area contributed by atoms with Crippen molar-refractivity contribution in [3.63, 3.8) is 0 Å². The SMILES string of the molecule is CCC(CC)C(NC(C)C(F)F)c1ccccc1. The fraction of sp³-hybridized carbons (Fsp3) is 0.600. The zero-order chi connectivity index (χ0) is 13.5. The minimum Gasteiger partial charge on any atom is -0.302 e. The Kier molecular flexibility index (Phi) is 6.27. The van der Waals surface area contributed by atoms with Gasteiger partial charge in [0, 0.05) is 6.04 Å². The molecule has 1 aromatic carbocycles. The van der Waals surface area contributed by atoms with E-state index in [1.54, 1.807) is 6.92 Å². The molecule has 0 saturated carbocycles. The summed E-state index contributed by atoms with van der Waals surface area (Å²) in [6.45, 7) is 5.76. The zero-order valence-corrected chi connectivity index (χ0v) is 11.4. The summed E-state index contributed by atoms with van der Waals surface area (Å²) >= 11 is 0. The summed E-state index contributed by atoms with van der Waals surface area (Å²) in [4.78, 5) is 0. The predicted molar refractivity (Wildman–Crippen MR) is 71.9 cm³/mol. The van der Waals surface area contributed by atoms with Gasteiger partial charge in [-0.2, -0.15) is 0 Å². The molecule has 0 spiro atoms. The first-order valence-electron chi connectivity index (χ1n) is 6.69. The number of halogens is 2. The summed E-state index contributed by atoms with van der Waals surface area (Å²) in [6.07, 6.45) is -0.358. The van der Waals surface area contributed by atoms with Crippen LogP contribution in [0.3, 0.4) is 0 Å². The van der Waals surface area contributed by atoms with E-state index >= 15 is 0 Å². The molecule has 1 rings (SSSR count). The summed E-state index contributed by atoms with van der Waals surface area (Å²) in [5, 5.41) is 3.08. The van der Waals surface area contributed by atoms with Crippen molar-refractivity contribution in [3.8, 4) is 0 Å². The average molecular weight is 255 g/mol. The van der Waals surface area contributed by atoms with Gasteiger partial charge in [0.1, 0.15) is 0 Å². The Balaban J connectivity index is 2.88. The predicted octanol–water partition coefficient (Wildman–Crippen LogP) is 4.41. The zero-order valence-electron chi connectivity index (χ0n) is 11.4.